The molecule has 0 radical (unpaired) electrons. The molecule has 1 N–H and O–H groups in total. The maximum Gasteiger partial charge on any atom is 0.242 e. The second-order valence-corrected chi connectivity index (χ2v) is 5.41. The number of amides is 1. The molecule has 2 aliphatic rings. The summed E-state index contributed by atoms with van der Waals surface area (Å²) >= 11 is 0. The smallest absolute Gasteiger partial charge is 0.242 e. The second kappa shape index (κ2) is 4.37. The van der Waals surface area contributed by atoms with Crippen molar-refractivity contribution in [3.05, 3.63) is 29.8 Å². The molecule has 96 valence electrons. The van der Waals surface area contributed by atoms with Gasteiger partial charge in [0.05, 0.1) is 6.04 Å². The van der Waals surface area contributed by atoms with Crippen LogP contribution in [0.4, 0.5) is 5.69 Å². The number of para-hydroxylation sites is 1. The van der Waals surface area contributed by atoms with Crippen molar-refractivity contribution in [2.24, 2.45) is 0 Å². The SMILES string of the molecule is CN1CC(N(C)C2Cc3ccccc3NC2=O)C1. The van der Waals surface area contributed by atoms with Gasteiger partial charge in [-0.2, -0.15) is 0 Å². The quantitative estimate of drug-likeness (QED) is 0.837. The highest BCUT2D eigenvalue weighted by Gasteiger charge is 2.36. The number of carbonyl (C=O) groups is 1. The summed E-state index contributed by atoms with van der Waals surface area (Å²) in [7, 11) is 4.18. The molecule has 0 spiro atoms. The van der Waals surface area contributed by atoms with Crippen LogP contribution < -0.4 is 5.32 Å². The van der Waals surface area contributed by atoms with E-state index in [2.05, 4.69) is 35.3 Å². The van der Waals surface area contributed by atoms with E-state index >= 15 is 0 Å². The van der Waals surface area contributed by atoms with E-state index < -0.39 is 0 Å². The number of rotatable bonds is 2. The first-order chi connectivity index (χ1) is 8.65. The summed E-state index contributed by atoms with van der Waals surface area (Å²) in [6.07, 6.45) is 0.818. The summed E-state index contributed by atoms with van der Waals surface area (Å²) in [5, 5.41) is 3.01. The summed E-state index contributed by atoms with van der Waals surface area (Å²) in [5.41, 5.74) is 2.21. The molecular weight excluding hydrogens is 226 g/mol. The Kier molecular flexibility index (Phi) is 2.84. The van der Waals surface area contributed by atoms with Crippen molar-refractivity contribution >= 4 is 11.6 Å². The average Bonchev–Trinajstić information content (AvgIpc) is 2.33. The van der Waals surface area contributed by atoms with Gasteiger partial charge in [-0.25, -0.2) is 0 Å². The van der Waals surface area contributed by atoms with E-state index in [1.54, 1.807) is 0 Å². The Morgan fingerprint density at radius 2 is 2.06 bits per heavy atom. The van der Waals surface area contributed by atoms with Gasteiger partial charge in [-0.3, -0.25) is 9.69 Å². The molecule has 2 aliphatic heterocycles. The Labute approximate surface area is 108 Å². The topological polar surface area (TPSA) is 35.6 Å². The fraction of sp³-hybridized carbons (Fsp3) is 0.500. The Morgan fingerprint density at radius 1 is 1.33 bits per heavy atom. The minimum Gasteiger partial charge on any atom is -0.324 e. The van der Waals surface area contributed by atoms with E-state index in [-0.39, 0.29) is 11.9 Å². The number of likely N-dealkylation sites (N-methyl/N-ethyl adjacent to an activating group) is 2. The van der Waals surface area contributed by atoms with Crippen molar-refractivity contribution in [1.82, 2.24) is 9.80 Å². The Morgan fingerprint density at radius 3 is 2.78 bits per heavy atom. The van der Waals surface area contributed by atoms with E-state index in [1.165, 1.54) is 5.56 Å². The van der Waals surface area contributed by atoms with Gasteiger partial charge in [0, 0.05) is 24.8 Å². The highest BCUT2D eigenvalue weighted by atomic mass is 16.2. The van der Waals surface area contributed by atoms with Gasteiger partial charge >= 0.3 is 0 Å². The zero-order valence-corrected chi connectivity index (χ0v) is 10.9. The monoisotopic (exact) mass is 245 g/mol. The molecule has 0 bridgehead atoms. The number of anilines is 1. The predicted octanol–water partition coefficient (Wildman–Crippen LogP) is 0.796. The van der Waals surface area contributed by atoms with E-state index in [0.717, 1.165) is 25.2 Å². The summed E-state index contributed by atoms with van der Waals surface area (Å²) in [6.45, 7) is 2.11. The third kappa shape index (κ3) is 1.91. The lowest BCUT2D eigenvalue weighted by Gasteiger charge is -2.45. The Bertz CT molecular complexity index is 468. The van der Waals surface area contributed by atoms with Crippen molar-refractivity contribution < 1.29 is 4.79 Å². The second-order valence-electron chi connectivity index (χ2n) is 5.41. The molecule has 0 saturated carbocycles. The van der Waals surface area contributed by atoms with Gasteiger partial charge < -0.3 is 10.2 Å². The molecule has 3 rings (SSSR count). The van der Waals surface area contributed by atoms with Gasteiger partial charge in [-0.1, -0.05) is 18.2 Å². The molecule has 0 aliphatic carbocycles. The molecule has 1 aromatic rings. The number of hydrogen-bond acceptors (Lipinski definition) is 3. The van der Waals surface area contributed by atoms with Crippen LogP contribution in [0.3, 0.4) is 0 Å². The number of nitrogens with one attached hydrogen (secondary N) is 1. The van der Waals surface area contributed by atoms with Gasteiger partial charge in [-0.15, -0.1) is 0 Å². The van der Waals surface area contributed by atoms with Gasteiger partial charge in [0.1, 0.15) is 0 Å². The van der Waals surface area contributed by atoms with Crippen LogP contribution >= 0.6 is 0 Å². The lowest BCUT2D eigenvalue weighted by molar-refractivity contribution is -0.123. The fourth-order valence-corrected chi connectivity index (χ4v) is 2.84. The molecule has 1 saturated heterocycles. The molecule has 1 fully saturated rings. The molecule has 18 heavy (non-hydrogen) atoms. The highest BCUT2D eigenvalue weighted by Crippen LogP contribution is 2.26. The van der Waals surface area contributed by atoms with Crippen molar-refractivity contribution in [2.75, 3.05) is 32.5 Å². The van der Waals surface area contributed by atoms with Crippen LogP contribution in [0.1, 0.15) is 5.56 Å². The minimum absolute atomic E-state index is 0.0291. The maximum atomic E-state index is 12.2. The van der Waals surface area contributed by atoms with Crippen LogP contribution in [-0.4, -0.2) is 55.0 Å². The molecule has 1 aromatic carbocycles. The van der Waals surface area contributed by atoms with Gasteiger partial charge in [-0.05, 0) is 32.1 Å². The maximum absolute atomic E-state index is 12.2. The zero-order chi connectivity index (χ0) is 12.7. The molecule has 1 atom stereocenters. The van der Waals surface area contributed by atoms with Crippen LogP contribution in [0.2, 0.25) is 0 Å². The van der Waals surface area contributed by atoms with E-state index in [0.29, 0.717) is 6.04 Å². The van der Waals surface area contributed by atoms with E-state index in [4.69, 9.17) is 0 Å². The third-order valence-corrected chi connectivity index (χ3v) is 4.10. The van der Waals surface area contributed by atoms with Crippen LogP contribution in [0.15, 0.2) is 24.3 Å². The summed E-state index contributed by atoms with van der Waals surface area (Å²) in [4.78, 5) is 16.7. The van der Waals surface area contributed by atoms with Gasteiger partial charge in [0.2, 0.25) is 5.91 Å². The molecular formula is C14H19N3O. The number of likely N-dealkylation sites (tertiary alicyclic amines) is 1. The normalized spacial score (nSPS) is 24.6. The van der Waals surface area contributed by atoms with E-state index in [1.807, 2.05) is 18.2 Å². The lowest BCUT2D eigenvalue weighted by atomic mass is 9.96. The average molecular weight is 245 g/mol. The van der Waals surface area contributed by atoms with Gasteiger partial charge in [0.15, 0.2) is 0 Å². The number of benzene rings is 1. The standard InChI is InChI=1S/C14H19N3O/c1-16-8-11(9-16)17(2)13-7-10-5-3-4-6-12(10)15-14(13)18/h3-6,11,13H,7-9H2,1-2H3,(H,15,18). The first kappa shape index (κ1) is 11.7. The van der Waals surface area contributed by atoms with Crippen molar-refractivity contribution in [1.29, 1.82) is 0 Å². The first-order valence-electron chi connectivity index (χ1n) is 6.44. The molecule has 0 aromatic heterocycles. The largest absolute Gasteiger partial charge is 0.324 e. The third-order valence-electron chi connectivity index (χ3n) is 4.10. The van der Waals surface area contributed by atoms with Crippen molar-refractivity contribution in [3.63, 3.8) is 0 Å². The minimum atomic E-state index is -0.0291. The predicted molar refractivity (Wildman–Crippen MR) is 71.6 cm³/mol. The summed E-state index contributed by atoms with van der Waals surface area (Å²) < 4.78 is 0. The molecule has 1 unspecified atom stereocenters. The van der Waals surface area contributed by atoms with Crippen LogP contribution in [0, 0.1) is 0 Å². The summed E-state index contributed by atoms with van der Waals surface area (Å²) in [5.74, 6) is 0.130. The Balaban J connectivity index is 1.76. The highest BCUT2D eigenvalue weighted by molar-refractivity contribution is 5.98. The zero-order valence-electron chi connectivity index (χ0n) is 10.9. The van der Waals surface area contributed by atoms with E-state index in [9.17, 15) is 4.79 Å². The van der Waals surface area contributed by atoms with Gasteiger partial charge in [0.25, 0.3) is 0 Å². The number of fused-ring (bicyclic) bond motifs is 1. The molecule has 4 nitrogen and oxygen atoms in total. The van der Waals surface area contributed by atoms with Crippen LogP contribution in [0.5, 0.6) is 0 Å². The molecule has 4 heteroatoms. The van der Waals surface area contributed by atoms with Crippen LogP contribution in [0.25, 0.3) is 0 Å². The van der Waals surface area contributed by atoms with Crippen molar-refractivity contribution in [2.45, 2.75) is 18.5 Å². The number of hydrogen-bond donors (Lipinski definition) is 1. The summed E-state index contributed by atoms with van der Waals surface area (Å²) in [6, 6.07) is 8.55. The molecule has 1 amide bonds. The van der Waals surface area contributed by atoms with Crippen LogP contribution in [-0.2, 0) is 11.2 Å². The van der Waals surface area contributed by atoms with Crippen molar-refractivity contribution in [3.8, 4) is 0 Å². The molecule has 2 heterocycles. The Hall–Kier alpha value is -1.39. The number of carbonyl (C=O) groups excluding carboxylic acids is 1. The first-order valence-corrected chi connectivity index (χ1v) is 6.44. The fourth-order valence-electron chi connectivity index (χ4n) is 2.84. The number of nitrogens with zero attached hydrogens (tertiary/aromatic N) is 2. The lowest BCUT2D eigenvalue weighted by Crippen LogP contribution is -2.61.